The molecule has 22 heavy (non-hydrogen) atoms. The molecule has 7 nitrogen and oxygen atoms in total. The van der Waals surface area contributed by atoms with Crippen molar-refractivity contribution in [2.24, 2.45) is 10.7 Å². The first kappa shape index (κ1) is 16.7. The smallest absolute Gasteiger partial charge is 0.240 e. The van der Waals surface area contributed by atoms with E-state index in [1.165, 1.54) is 7.11 Å². The molecule has 1 saturated carbocycles. The highest BCUT2D eigenvalue weighted by Gasteiger charge is 2.21. The van der Waals surface area contributed by atoms with Crippen LogP contribution in [-0.2, 0) is 21.3 Å². The van der Waals surface area contributed by atoms with Gasteiger partial charge in [0.25, 0.3) is 0 Å². The number of aliphatic imine (C=N–C) groups is 1. The zero-order valence-corrected chi connectivity index (χ0v) is 13.4. The summed E-state index contributed by atoms with van der Waals surface area (Å²) in [6.45, 7) is 0.902. The second-order valence-electron chi connectivity index (χ2n) is 5.16. The molecule has 0 saturated heterocycles. The standard InChI is InChI=1S/C14H22N4O3S/c1-21-8-7-17-22(19,20)13-4-2-3-11(9-13)10-16-14(15)18-12-5-6-12/h2-4,9,12,17H,5-8,10H2,1H3,(H3,15,16,18). The van der Waals surface area contributed by atoms with Gasteiger partial charge in [-0.3, -0.25) is 0 Å². The number of rotatable bonds is 8. The summed E-state index contributed by atoms with van der Waals surface area (Å²) in [4.78, 5) is 4.43. The van der Waals surface area contributed by atoms with E-state index in [1.807, 2.05) is 6.07 Å². The number of nitrogens with zero attached hydrogens (tertiary/aromatic N) is 1. The van der Waals surface area contributed by atoms with Crippen molar-refractivity contribution >= 4 is 16.0 Å². The molecule has 1 aliphatic rings. The first-order valence-corrected chi connectivity index (χ1v) is 8.63. The van der Waals surface area contributed by atoms with Crippen molar-refractivity contribution in [3.8, 4) is 0 Å². The predicted molar refractivity (Wildman–Crippen MR) is 85.0 cm³/mol. The molecule has 0 spiro atoms. The quantitative estimate of drug-likeness (QED) is 0.359. The summed E-state index contributed by atoms with van der Waals surface area (Å²) in [5, 5.41) is 3.09. The number of benzene rings is 1. The summed E-state index contributed by atoms with van der Waals surface area (Å²) < 4.78 is 31.5. The number of nitrogens with one attached hydrogen (secondary N) is 2. The van der Waals surface area contributed by atoms with Crippen LogP contribution >= 0.6 is 0 Å². The Labute approximate surface area is 131 Å². The molecular weight excluding hydrogens is 304 g/mol. The van der Waals surface area contributed by atoms with E-state index in [1.54, 1.807) is 18.2 Å². The molecule has 0 unspecified atom stereocenters. The van der Waals surface area contributed by atoms with E-state index < -0.39 is 10.0 Å². The van der Waals surface area contributed by atoms with E-state index in [9.17, 15) is 8.42 Å². The summed E-state index contributed by atoms with van der Waals surface area (Å²) in [6.07, 6.45) is 2.24. The molecule has 0 radical (unpaired) electrons. The number of hydrogen-bond acceptors (Lipinski definition) is 4. The van der Waals surface area contributed by atoms with Crippen molar-refractivity contribution in [2.45, 2.75) is 30.3 Å². The first-order chi connectivity index (χ1) is 10.5. The van der Waals surface area contributed by atoms with Crippen molar-refractivity contribution in [1.29, 1.82) is 0 Å². The second-order valence-corrected chi connectivity index (χ2v) is 6.93. The summed E-state index contributed by atoms with van der Waals surface area (Å²) >= 11 is 0. The van der Waals surface area contributed by atoms with Gasteiger partial charge in [-0.2, -0.15) is 0 Å². The molecule has 0 bridgehead atoms. The van der Waals surface area contributed by atoms with Crippen LogP contribution < -0.4 is 15.8 Å². The molecule has 4 N–H and O–H groups in total. The van der Waals surface area contributed by atoms with Gasteiger partial charge in [0.1, 0.15) is 0 Å². The van der Waals surface area contributed by atoms with Crippen molar-refractivity contribution in [1.82, 2.24) is 10.0 Å². The molecule has 1 aromatic carbocycles. The Morgan fingerprint density at radius 3 is 2.91 bits per heavy atom. The highest BCUT2D eigenvalue weighted by atomic mass is 32.2. The molecule has 0 aromatic heterocycles. The lowest BCUT2D eigenvalue weighted by Gasteiger charge is -2.08. The van der Waals surface area contributed by atoms with Gasteiger partial charge in [0, 0.05) is 19.7 Å². The number of methoxy groups -OCH3 is 1. The fourth-order valence-corrected chi connectivity index (χ4v) is 2.91. The maximum atomic E-state index is 12.1. The van der Waals surface area contributed by atoms with E-state index in [2.05, 4.69) is 15.0 Å². The number of sulfonamides is 1. The van der Waals surface area contributed by atoms with Crippen LogP contribution in [-0.4, -0.2) is 40.7 Å². The van der Waals surface area contributed by atoms with E-state index >= 15 is 0 Å². The number of ether oxygens (including phenoxy) is 1. The topological polar surface area (TPSA) is 106 Å². The Hall–Kier alpha value is -1.64. The number of guanidine groups is 1. The Kier molecular flexibility index (Phi) is 5.76. The maximum absolute atomic E-state index is 12.1. The minimum atomic E-state index is -3.53. The summed E-state index contributed by atoms with van der Waals surface area (Å²) in [5.74, 6) is 0.397. The van der Waals surface area contributed by atoms with Crippen molar-refractivity contribution < 1.29 is 13.2 Å². The van der Waals surface area contributed by atoms with E-state index in [4.69, 9.17) is 10.5 Å². The third kappa shape index (κ3) is 5.28. The lowest BCUT2D eigenvalue weighted by atomic mass is 10.2. The van der Waals surface area contributed by atoms with Gasteiger partial charge < -0.3 is 15.8 Å². The van der Waals surface area contributed by atoms with Gasteiger partial charge in [-0.25, -0.2) is 18.1 Å². The minimum absolute atomic E-state index is 0.213. The minimum Gasteiger partial charge on any atom is -0.383 e. The third-order valence-corrected chi connectivity index (χ3v) is 4.63. The van der Waals surface area contributed by atoms with Gasteiger partial charge in [0.05, 0.1) is 18.0 Å². The monoisotopic (exact) mass is 326 g/mol. The van der Waals surface area contributed by atoms with Gasteiger partial charge >= 0.3 is 0 Å². The average molecular weight is 326 g/mol. The summed E-state index contributed by atoms with van der Waals surface area (Å²) in [5.41, 5.74) is 6.55. The normalized spacial score (nSPS) is 15.8. The van der Waals surface area contributed by atoms with Gasteiger partial charge in [0.2, 0.25) is 10.0 Å². The van der Waals surface area contributed by atoms with E-state index in [-0.39, 0.29) is 11.4 Å². The van der Waals surface area contributed by atoms with Crippen molar-refractivity contribution in [2.75, 3.05) is 20.3 Å². The predicted octanol–water partition coefficient (Wildman–Crippen LogP) is 0.178. The molecule has 8 heteroatoms. The molecule has 0 heterocycles. The average Bonchev–Trinajstić information content (AvgIpc) is 3.29. The van der Waals surface area contributed by atoms with Gasteiger partial charge in [-0.05, 0) is 30.5 Å². The van der Waals surface area contributed by atoms with Gasteiger partial charge in [-0.1, -0.05) is 12.1 Å². The summed E-state index contributed by atoms with van der Waals surface area (Å²) in [6, 6.07) is 7.11. The van der Waals surface area contributed by atoms with Crippen molar-refractivity contribution in [3.63, 3.8) is 0 Å². The van der Waals surface area contributed by atoms with Crippen LogP contribution in [0.15, 0.2) is 34.2 Å². The zero-order valence-electron chi connectivity index (χ0n) is 12.6. The van der Waals surface area contributed by atoms with Gasteiger partial charge in [0.15, 0.2) is 5.96 Å². The molecule has 0 atom stereocenters. The Bertz CT molecular complexity index is 627. The maximum Gasteiger partial charge on any atom is 0.240 e. The lowest BCUT2D eigenvalue weighted by molar-refractivity contribution is 0.204. The molecule has 0 amide bonds. The first-order valence-electron chi connectivity index (χ1n) is 7.15. The largest absolute Gasteiger partial charge is 0.383 e. The highest BCUT2D eigenvalue weighted by molar-refractivity contribution is 7.89. The van der Waals surface area contributed by atoms with Crippen molar-refractivity contribution in [3.05, 3.63) is 29.8 Å². The van der Waals surface area contributed by atoms with Crippen LogP contribution in [0.4, 0.5) is 0 Å². The highest BCUT2D eigenvalue weighted by Crippen LogP contribution is 2.18. The molecule has 1 fully saturated rings. The Balaban J connectivity index is 1.99. The molecular formula is C14H22N4O3S. The molecule has 1 aromatic rings. The SMILES string of the molecule is COCCNS(=O)(=O)c1cccc(CN=C(N)NC2CC2)c1. The zero-order chi connectivity index (χ0) is 16.0. The molecule has 2 rings (SSSR count). The van der Waals surface area contributed by atoms with E-state index in [0.29, 0.717) is 25.2 Å². The number of nitrogens with two attached hydrogens (primary N) is 1. The van der Waals surface area contributed by atoms with Crippen LogP contribution in [0.3, 0.4) is 0 Å². The summed E-state index contributed by atoms with van der Waals surface area (Å²) in [7, 11) is -2.01. The fourth-order valence-electron chi connectivity index (χ4n) is 1.83. The Morgan fingerprint density at radius 1 is 1.45 bits per heavy atom. The molecule has 0 aliphatic heterocycles. The second kappa shape index (κ2) is 7.57. The van der Waals surface area contributed by atoms with Gasteiger partial charge in [-0.15, -0.1) is 0 Å². The Morgan fingerprint density at radius 2 is 2.23 bits per heavy atom. The van der Waals surface area contributed by atoms with Crippen LogP contribution in [0.2, 0.25) is 0 Å². The molecule has 122 valence electrons. The number of hydrogen-bond donors (Lipinski definition) is 3. The van der Waals surface area contributed by atoms with Crippen LogP contribution in [0.1, 0.15) is 18.4 Å². The third-order valence-electron chi connectivity index (χ3n) is 3.17. The van der Waals surface area contributed by atoms with Crippen LogP contribution in [0.5, 0.6) is 0 Å². The lowest BCUT2D eigenvalue weighted by Crippen LogP contribution is -2.33. The van der Waals surface area contributed by atoms with Crippen LogP contribution in [0, 0.1) is 0 Å². The fraction of sp³-hybridized carbons (Fsp3) is 0.500. The van der Waals surface area contributed by atoms with E-state index in [0.717, 1.165) is 18.4 Å². The van der Waals surface area contributed by atoms with Crippen LogP contribution in [0.25, 0.3) is 0 Å². The molecule has 1 aliphatic carbocycles.